The second-order valence-electron chi connectivity index (χ2n) is 3.40. The molecule has 0 aromatic heterocycles. The molecule has 1 fully saturated rings. The van der Waals surface area contributed by atoms with E-state index < -0.39 is 12.1 Å². The number of alkyl halides is 1. The maximum atomic E-state index is 11.8. The van der Waals surface area contributed by atoms with E-state index in [-0.39, 0.29) is 6.61 Å². The molecule has 1 aliphatic heterocycles. The van der Waals surface area contributed by atoms with Crippen molar-refractivity contribution in [2.45, 2.75) is 25.9 Å². The average Bonchev–Trinajstić information content (AvgIpc) is 2.71. The van der Waals surface area contributed by atoms with Gasteiger partial charge in [0.05, 0.1) is 6.61 Å². The molecule has 1 aliphatic rings. The van der Waals surface area contributed by atoms with Crippen LogP contribution in [-0.4, -0.2) is 55.5 Å². The predicted octanol–water partition coefficient (Wildman–Crippen LogP) is 1.16. The molecule has 1 saturated heterocycles. The van der Waals surface area contributed by atoms with Gasteiger partial charge in [-0.3, -0.25) is 0 Å². The van der Waals surface area contributed by atoms with Gasteiger partial charge in [0, 0.05) is 7.11 Å². The third-order valence-electron chi connectivity index (χ3n) is 2.23. The van der Waals surface area contributed by atoms with E-state index in [1.54, 1.807) is 0 Å². The van der Waals surface area contributed by atoms with Gasteiger partial charge < -0.3 is 14.7 Å². The van der Waals surface area contributed by atoms with Crippen LogP contribution in [0.3, 0.4) is 0 Å². The minimum absolute atomic E-state index is 0.380. The summed E-state index contributed by atoms with van der Waals surface area (Å²) in [5.41, 5.74) is 0. The third-order valence-corrected chi connectivity index (χ3v) is 2.23. The second kappa shape index (κ2) is 8.61. The van der Waals surface area contributed by atoms with Gasteiger partial charge in [0.1, 0.15) is 0 Å². The Balaban J connectivity index is 0.000000262. The summed E-state index contributed by atoms with van der Waals surface area (Å²) in [6, 6.07) is 0. The molecule has 1 rings (SSSR count). The first-order valence-corrected chi connectivity index (χ1v) is 5.20. The quantitative estimate of drug-likeness (QED) is 0.774. The lowest BCUT2D eigenvalue weighted by Gasteiger charge is -2.08. The summed E-state index contributed by atoms with van der Waals surface area (Å²) in [6.45, 7) is 5.79. The summed E-state index contributed by atoms with van der Waals surface area (Å²) >= 11 is 0. The normalized spacial score (nSPS) is 18.1. The van der Waals surface area contributed by atoms with E-state index in [0.29, 0.717) is 0 Å². The van der Waals surface area contributed by atoms with E-state index in [1.807, 2.05) is 0 Å². The highest BCUT2D eigenvalue weighted by Gasteiger charge is 2.13. The lowest BCUT2D eigenvalue weighted by Crippen LogP contribution is -2.19. The Labute approximate surface area is 90.0 Å². The minimum Gasteiger partial charge on any atom is -0.479 e. The van der Waals surface area contributed by atoms with Crippen LogP contribution in [0.15, 0.2) is 0 Å². The van der Waals surface area contributed by atoms with Crippen LogP contribution < -0.4 is 0 Å². The molecule has 0 aromatic carbocycles. The SMILES string of the molecule is CCN1CCCC1.COCC(F)C(=O)O. The lowest BCUT2D eigenvalue weighted by molar-refractivity contribution is -0.144. The van der Waals surface area contributed by atoms with E-state index in [1.165, 1.54) is 39.6 Å². The first-order chi connectivity index (χ1) is 7.11. The zero-order valence-electron chi connectivity index (χ0n) is 9.41. The van der Waals surface area contributed by atoms with Gasteiger partial charge in [-0.15, -0.1) is 0 Å². The molecule has 0 radical (unpaired) electrons. The molecular weight excluding hydrogens is 201 g/mol. The number of carboxylic acid groups (broad SMARTS) is 1. The summed E-state index contributed by atoms with van der Waals surface area (Å²) in [4.78, 5) is 12.1. The molecular formula is C10H20FNO3. The monoisotopic (exact) mass is 221 g/mol. The zero-order valence-corrected chi connectivity index (χ0v) is 9.41. The van der Waals surface area contributed by atoms with Crippen LogP contribution in [0.25, 0.3) is 0 Å². The first-order valence-electron chi connectivity index (χ1n) is 5.20. The van der Waals surface area contributed by atoms with Gasteiger partial charge in [0.15, 0.2) is 0 Å². The Morgan fingerprint density at radius 3 is 2.27 bits per heavy atom. The van der Waals surface area contributed by atoms with Crippen molar-refractivity contribution in [2.75, 3.05) is 33.4 Å². The summed E-state index contributed by atoms with van der Waals surface area (Å²) in [5, 5.41) is 7.86. The van der Waals surface area contributed by atoms with Gasteiger partial charge in [0.25, 0.3) is 0 Å². The highest BCUT2D eigenvalue weighted by atomic mass is 19.1. The van der Waals surface area contributed by atoms with Crippen molar-refractivity contribution in [3.8, 4) is 0 Å². The summed E-state index contributed by atoms with van der Waals surface area (Å²) in [6.07, 6.45) is 0.960. The van der Waals surface area contributed by atoms with Crippen LogP contribution in [-0.2, 0) is 9.53 Å². The van der Waals surface area contributed by atoms with Gasteiger partial charge in [-0.25, -0.2) is 9.18 Å². The highest BCUT2D eigenvalue weighted by Crippen LogP contribution is 2.04. The molecule has 1 heterocycles. The van der Waals surface area contributed by atoms with E-state index in [0.717, 1.165) is 0 Å². The molecule has 0 aliphatic carbocycles. The van der Waals surface area contributed by atoms with E-state index in [4.69, 9.17) is 5.11 Å². The van der Waals surface area contributed by atoms with Crippen molar-refractivity contribution in [2.24, 2.45) is 0 Å². The summed E-state index contributed by atoms with van der Waals surface area (Å²) < 4.78 is 16.0. The number of ether oxygens (including phenoxy) is 1. The molecule has 0 bridgehead atoms. The van der Waals surface area contributed by atoms with Crippen LogP contribution >= 0.6 is 0 Å². The Kier molecular flexibility index (Phi) is 8.22. The van der Waals surface area contributed by atoms with Crippen molar-refractivity contribution in [3.63, 3.8) is 0 Å². The molecule has 4 nitrogen and oxygen atoms in total. The van der Waals surface area contributed by atoms with Crippen LogP contribution in [0.1, 0.15) is 19.8 Å². The van der Waals surface area contributed by atoms with Crippen LogP contribution in [0.2, 0.25) is 0 Å². The Hall–Kier alpha value is -0.680. The largest absolute Gasteiger partial charge is 0.479 e. The van der Waals surface area contributed by atoms with Gasteiger partial charge in [0.2, 0.25) is 6.17 Å². The number of rotatable bonds is 4. The fourth-order valence-electron chi connectivity index (χ4n) is 1.32. The van der Waals surface area contributed by atoms with Crippen LogP contribution in [0.5, 0.6) is 0 Å². The van der Waals surface area contributed by atoms with Crippen molar-refractivity contribution >= 4 is 5.97 Å². The van der Waals surface area contributed by atoms with Gasteiger partial charge in [-0.1, -0.05) is 6.92 Å². The van der Waals surface area contributed by atoms with E-state index >= 15 is 0 Å². The van der Waals surface area contributed by atoms with Gasteiger partial charge in [-0.05, 0) is 32.5 Å². The molecule has 0 saturated carbocycles. The summed E-state index contributed by atoms with van der Waals surface area (Å²) in [7, 11) is 1.25. The Morgan fingerprint density at radius 2 is 2.07 bits per heavy atom. The molecule has 15 heavy (non-hydrogen) atoms. The van der Waals surface area contributed by atoms with E-state index in [2.05, 4.69) is 16.6 Å². The van der Waals surface area contributed by atoms with Crippen molar-refractivity contribution in [3.05, 3.63) is 0 Å². The fraction of sp³-hybridized carbons (Fsp3) is 0.900. The number of carbonyl (C=O) groups is 1. The standard InChI is InChI=1S/C6H13N.C4H7FO3/c1-2-7-5-3-4-6-7;1-8-2-3(5)4(6)7/h2-6H2,1H3;3H,2H2,1H3,(H,6,7). The lowest BCUT2D eigenvalue weighted by atomic mass is 10.4. The highest BCUT2D eigenvalue weighted by molar-refractivity contribution is 5.72. The first kappa shape index (κ1) is 14.3. The van der Waals surface area contributed by atoms with Crippen molar-refractivity contribution in [1.82, 2.24) is 4.90 Å². The molecule has 0 spiro atoms. The number of nitrogens with zero attached hydrogens (tertiary/aromatic N) is 1. The van der Waals surface area contributed by atoms with Gasteiger partial charge >= 0.3 is 5.97 Å². The number of likely N-dealkylation sites (tertiary alicyclic amines) is 1. The molecule has 5 heteroatoms. The Bertz CT molecular complexity index is 172. The maximum Gasteiger partial charge on any atom is 0.340 e. The molecule has 1 atom stereocenters. The van der Waals surface area contributed by atoms with Gasteiger partial charge in [-0.2, -0.15) is 0 Å². The average molecular weight is 221 g/mol. The number of halogens is 1. The number of aliphatic carboxylic acids is 1. The van der Waals surface area contributed by atoms with Crippen molar-refractivity contribution < 1.29 is 19.0 Å². The number of hydrogen-bond donors (Lipinski definition) is 1. The molecule has 1 unspecified atom stereocenters. The van der Waals surface area contributed by atoms with Crippen LogP contribution in [0.4, 0.5) is 4.39 Å². The second-order valence-corrected chi connectivity index (χ2v) is 3.40. The molecule has 1 N–H and O–H groups in total. The van der Waals surface area contributed by atoms with Crippen LogP contribution in [0, 0.1) is 0 Å². The summed E-state index contributed by atoms with van der Waals surface area (Å²) in [5.74, 6) is -1.48. The third kappa shape index (κ3) is 7.27. The number of hydrogen-bond acceptors (Lipinski definition) is 3. The molecule has 0 aromatic rings. The predicted molar refractivity (Wildman–Crippen MR) is 55.8 cm³/mol. The molecule has 0 amide bonds. The Morgan fingerprint density at radius 1 is 1.53 bits per heavy atom. The zero-order chi connectivity index (χ0) is 11.7. The topological polar surface area (TPSA) is 49.8 Å². The number of methoxy groups -OCH3 is 1. The van der Waals surface area contributed by atoms with Crippen molar-refractivity contribution in [1.29, 1.82) is 0 Å². The minimum atomic E-state index is -1.89. The fourth-order valence-corrected chi connectivity index (χ4v) is 1.32. The molecule has 90 valence electrons. The van der Waals surface area contributed by atoms with E-state index in [9.17, 15) is 9.18 Å². The smallest absolute Gasteiger partial charge is 0.340 e. The maximum absolute atomic E-state index is 11.8. The number of carboxylic acids is 1.